The fourth-order valence-corrected chi connectivity index (χ4v) is 3.06. The summed E-state index contributed by atoms with van der Waals surface area (Å²) in [4.78, 5) is 50.1. The number of hydrogen-bond acceptors (Lipinski definition) is 7. The number of aryl methyl sites for hydroxylation is 1. The van der Waals surface area contributed by atoms with Gasteiger partial charge in [0.1, 0.15) is 5.57 Å². The molecule has 166 valence electrons. The summed E-state index contributed by atoms with van der Waals surface area (Å²) in [5.74, 6) is -1.49. The normalized spacial score (nSPS) is 14.9. The van der Waals surface area contributed by atoms with Crippen LogP contribution in [0.5, 0.6) is 11.5 Å². The molecule has 1 fully saturated rings. The van der Waals surface area contributed by atoms with Crippen molar-refractivity contribution in [3.8, 4) is 11.5 Å². The van der Waals surface area contributed by atoms with E-state index in [4.69, 9.17) is 14.2 Å². The quantitative estimate of drug-likeness (QED) is 0.402. The number of hydrogen-bond donors (Lipinski definition) is 1. The molecular formula is C23H22N2O7. The SMILES string of the molecule is CCOC(=O)COc1ccc(/C=C2\C(=O)NC(=O)N(c3cccc(C)c3)C2=O)cc1OC. The van der Waals surface area contributed by atoms with Gasteiger partial charge in [-0.05, 0) is 55.3 Å². The number of methoxy groups -OCH3 is 1. The summed E-state index contributed by atoms with van der Waals surface area (Å²) in [5, 5.41) is 2.18. The molecule has 0 atom stereocenters. The Labute approximate surface area is 184 Å². The van der Waals surface area contributed by atoms with Crippen LogP contribution in [0, 0.1) is 6.92 Å². The Morgan fingerprint density at radius 2 is 1.88 bits per heavy atom. The van der Waals surface area contributed by atoms with E-state index in [2.05, 4.69) is 5.32 Å². The number of benzene rings is 2. The summed E-state index contributed by atoms with van der Waals surface area (Å²) in [6.07, 6.45) is 1.35. The molecule has 0 unspecified atom stereocenters. The van der Waals surface area contributed by atoms with Gasteiger partial charge in [-0.1, -0.05) is 18.2 Å². The molecule has 1 aliphatic rings. The van der Waals surface area contributed by atoms with E-state index in [-0.39, 0.29) is 18.8 Å². The van der Waals surface area contributed by atoms with Gasteiger partial charge in [0.15, 0.2) is 18.1 Å². The lowest BCUT2D eigenvalue weighted by molar-refractivity contribution is -0.145. The van der Waals surface area contributed by atoms with Gasteiger partial charge in [0.2, 0.25) is 0 Å². The monoisotopic (exact) mass is 438 g/mol. The van der Waals surface area contributed by atoms with E-state index < -0.39 is 23.8 Å². The first-order chi connectivity index (χ1) is 15.3. The highest BCUT2D eigenvalue weighted by Gasteiger charge is 2.36. The minimum atomic E-state index is -0.817. The number of esters is 1. The fraction of sp³-hybridized carbons (Fsp3) is 0.217. The lowest BCUT2D eigenvalue weighted by Gasteiger charge is -2.26. The molecule has 1 aliphatic heterocycles. The molecule has 0 saturated carbocycles. The van der Waals surface area contributed by atoms with Gasteiger partial charge in [0, 0.05) is 0 Å². The minimum absolute atomic E-state index is 0.214. The maximum absolute atomic E-state index is 13.0. The topological polar surface area (TPSA) is 111 Å². The fourth-order valence-electron chi connectivity index (χ4n) is 3.06. The molecule has 2 aromatic rings. The molecule has 32 heavy (non-hydrogen) atoms. The first-order valence-corrected chi connectivity index (χ1v) is 9.78. The van der Waals surface area contributed by atoms with Crippen molar-refractivity contribution in [2.24, 2.45) is 0 Å². The smallest absolute Gasteiger partial charge is 0.344 e. The third-order valence-corrected chi connectivity index (χ3v) is 4.51. The van der Waals surface area contributed by atoms with Crippen molar-refractivity contribution >= 4 is 35.6 Å². The van der Waals surface area contributed by atoms with Crippen molar-refractivity contribution in [1.29, 1.82) is 0 Å². The molecule has 0 spiro atoms. The van der Waals surface area contributed by atoms with Crippen LogP contribution in [0.4, 0.5) is 10.5 Å². The molecule has 0 bridgehead atoms. The summed E-state index contributed by atoms with van der Waals surface area (Å²) in [6.45, 7) is 3.47. The number of nitrogens with one attached hydrogen (secondary N) is 1. The number of nitrogens with zero attached hydrogens (tertiary/aromatic N) is 1. The first-order valence-electron chi connectivity index (χ1n) is 9.78. The molecule has 4 amide bonds. The van der Waals surface area contributed by atoms with Crippen molar-refractivity contribution in [2.45, 2.75) is 13.8 Å². The van der Waals surface area contributed by atoms with E-state index >= 15 is 0 Å². The van der Waals surface area contributed by atoms with Gasteiger partial charge in [0.05, 0.1) is 19.4 Å². The summed E-state index contributed by atoms with van der Waals surface area (Å²) < 4.78 is 15.5. The Morgan fingerprint density at radius 1 is 1.09 bits per heavy atom. The Kier molecular flexibility index (Phi) is 6.89. The molecule has 1 N–H and O–H groups in total. The molecule has 1 heterocycles. The van der Waals surface area contributed by atoms with Crippen LogP contribution >= 0.6 is 0 Å². The van der Waals surface area contributed by atoms with Crippen molar-refractivity contribution in [1.82, 2.24) is 5.32 Å². The Morgan fingerprint density at radius 3 is 2.56 bits per heavy atom. The lowest BCUT2D eigenvalue weighted by atomic mass is 10.1. The van der Waals surface area contributed by atoms with Crippen LogP contribution in [0.15, 0.2) is 48.0 Å². The van der Waals surface area contributed by atoms with E-state index in [1.807, 2.05) is 13.0 Å². The van der Waals surface area contributed by atoms with Crippen LogP contribution < -0.4 is 19.7 Å². The number of carbonyl (C=O) groups is 4. The summed E-state index contributed by atoms with van der Waals surface area (Å²) in [7, 11) is 1.42. The molecule has 3 rings (SSSR count). The predicted molar refractivity (Wildman–Crippen MR) is 115 cm³/mol. The molecule has 0 aliphatic carbocycles. The standard InChI is InChI=1S/C23H22N2O7/c1-4-31-20(26)13-32-18-9-8-15(12-19(18)30-3)11-17-21(27)24-23(29)25(22(17)28)16-7-5-6-14(2)10-16/h5-12H,4,13H2,1-3H3,(H,24,27,29)/b17-11+. The maximum Gasteiger partial charge on any atom is 0.344 e. The third kappa shape index (κ3) is 4.94. The largest absolute Gasteiger partial charge is 0.493 e. The van der Waals surface area contributed by atoms with Crippen LogP contribution in [-0.4, -0.2) is 44.1 Å². The predicted octanol–water partition coefficient (Wildman–Crippen LogP) is 2.61. The molecule has 2 aromatic carbocycles. The van der Waals surface area contributed by atoms with E-state index in [0.29, 0.717) is 22.7 Å². The van der Waals surface area contributed by atoms with Gasteiger partial charge in [-0.25, -0.2) is 14.5 Å². The second kappa shape index (κ2) is 9.78. The van der Waals surface area contributed by atoms with Crippen molar-refractivity contribution in [3.05, 3.63) is 59.2 Å². The second-order valence-electron chi connectivity index (χ2n) is 6.80. The Bertz CT molecular complexity index is 1110. The lowest BCUT2D eigenvalue weighted by Crippen LogP contribution is -2.54. The molecular weight excluding hydrogens is 416 g/mol. The number of barbiturate groups is 1. The van der Waals surface area contributed by atoms with Crippen LogP contribution in [-0.2, 0) is 19.1 Å². The van der Waals surface area contributed by atoms with Crippen LogP contribution in [0.25, 0.3) is 6.08 Å². The number of anilines is 1. The third-order valence-electron chi connectivity index (χ3n) is 4.51. The van der Waals surface area contributed by atoms with Gasteiger partial charge in [-0.3, -0.25) is 14.9 Å². The van der Waals surface area contributed by atoms with Crippen LogP contribution in [0.2, 0.25) is 0 Å². The summed E-state index contributed by atoms with van der Waals surface area (Å²) in [5.41, 5.74) is 1.45. The highest BCUT2D eigenvalue weighted by Crippen LogP contribution is 2.30. The second-order valence-corrected chi connectivity index (χ2v) is 6.80. The van der Waals surface area contributed by atoms with Gasteiger partial charge >= 0.3 is 12.0 Å². The van der Waals surface area contributed by atoms with Gasteiger partial charge < -0.3 is 14.2 Å². The molecule has 0 radical (unpaired) electrons. The average molecular weight is 438 g/mol. The molecule has 9 heteroatoms. The number of ether oxygens (including phenoxy) is 3. The molecule has 9 nitrogen and oxygen atoms in total. The van der Waals surface area contributed by atoms with Crippen molar-refractivity contribution in [3.63, 3.8) is 0 Å². The first kappa shape index (κ1) is 22.5. The number of imide groups is 2. The zero-order valence-corrected chi connectivity index (χ0v) is 17.8. The number of urea groups is 1. The average Bonchev–Trinajstić information content (AvgIpc) is 2.75. The van der Waals surface area contributed by atoms with Gasteiger partial charge in [0.25, 0.3) is 11.8 Å². The highest BCUT2D eigenvalue weighted by molar-refractivity contribution is 6.39. The van der Waals surface area contributed by atoms with Gasteiger partial charge in [-0.15, -0.1) is 0 Å². The van der Waals surface area contributed by atoms with E-state index in [0.717, 1.165) is 10.5 Å². The zero-order chi connectivity index (χ0) is 23.3. The maximum atomic E-state index is 13.0. The Hall–Kier alpha value is -4.14. The zero-order valence-electron chi connectivity index (χ0n) is 17.8. The van der Waals surface area contributed by atoms with E-state index in [9.17, 15) is 19.2 Å². The highest BCUT2D eigenvalue weighted by atomic mass is 16.6. The van der Waals surface area contributed by atoms with Crippen LogP contribution in [0.3, 0.4) is 0 Å². The summed E-state index contributed by atoms with van der Waals surface area (Å²) >= 11 is 0. The Balaban J connectivity index is 1.88. The number of carbonyl (C=O) groups excluding carboxylic acids is 4. The van der Waals surface area contributed by atoms with E-state index in [1.54, 1.807) is 43.3 Å². The molecule has 0 aromatic heterocycles. The van der Waals surface area contributed by atoms with E-state index in [1.165, 1.54) is 13.2 Å². The number of amides is 4. The van der Waals surface area contributed by atoms with Gasteiger partial charge in [-0.2, -0.15) is 0 Å². The summed E-state index contributed by atoms with van der Waals surface area (Å²) in [6, 6.07) is 10.7. The van der Waals surface area contributed by atoms with Crippen molar-refractivity contribution < 1.29 is 33.4 Å². The minimum Gasteiger partial charge on any atom is -0.493 e. The molecule has 1 saturated heterocycles. The van der Waals surface area contributed by atoms with Crippen molar-refractivity contribution in [2.75, 3.05) is 25.2 Å². The number of rotatable bonds is 7. The van der Waals surface area contributed by atoms with Crippen LogP contribution in [0.1, 0.15) is 18.1 Å².